The summed E-state index contributed by atoms with van der Waals surface area (Å²) in [6, 6.07) is 7.51. The average Bonchev–Trinajstić information content (AvgIpc) is 2.69. The zero-order valence-electron chi connectivity index (χ0n) is 17.9. The quantitative estimate of drug-likeness (QED) is 0.611. The van der Waals surface area contributed by atoms with Crippen molar-refractivity contribution < 1.29 is 14.6 Å². The number of aromatic nitrogens is 1. The maximum Gasteiger partial charge on any atom is 0.410 e. The third-order valence-corrected chi connectivity index (χ3v) is 6.52. The summed E-state index contributed by atoms with van der Waals surface area (Å²) in [6.45, 7) is 8.71. The molecule has 0 atom stereocenters. The molecule has 1 aromatic carbocycles. The Morgan fingerprint density at radius 3 is 2.26 bits per heavy atom. The second kappa shape index (κ2) is 9.75. The van der Waals surface area contributed by atoms with Crippen LogP contribution >= 0.6 is 31.9 Å². The lowest BCUT2D eigenvalue weighted by Crippen LogP contribution is -2.49. The lowest BCUT2D eigenvalue weighted by molar-refractivity contribution is 0.0138. The van der Waals surface area contributed by atoms with E-state index >= 15 is 0 Å². The number of carbonyl (C=O) groups excluding carboxylic acids is 1. The molecule has 1 aliphatic heterocycles. The van der Waals surface area contributed by atoms with E-state index in [2.05, 4.69) is 36.8 Å². The summed E-state index contributed by atoms with van der Waals surface area (Å²) in [7, 11) is 0. The normalized spacial score (nSPS) is 15.2. The van der Waals surface area contributed by atoms with Gasteiger partial charge in [0.05, 0.1) is 6.54 Å². The van der Waals surface area contributed by atoms with Gasteiger partial charge in [0, 0.05) is 59.0 Å². The zero-order valence-corrected chi connectivity index (χ0v) is 21.1. The number of piperazine rings is 1. The molecule has 168 valence electrons. The van der Waals surface area contributed by atoms with Gasteiger partial charge in [-0.25, -0.2) is 4.79 Å². The maximum absolute atomic E-state index is 12.7. The molecule has 3 rings (SSSR count). The molecule has 0 aliphatic carbocycles. The Kier molecular flexibility index (Phi) is 7.49. The van der Waals surface area contributed by atoms with E-state index in [1.165, 1.54) is 4.57 Å². The van der Waals surface area contributed by atoms with Gasteiger partial charge in [-0.2, -0.15) is 0 Å². The van der Waals surface area contributed by atoms with E-state index in [9.17, 15) is 14.7 Å². The standard InChI is InChI=1S/C22H27Br2N3O4/c1-22(2,3)31-21(30)26-11-9-25(10-12-26)13-15-7-8-27(20(29)19(15)28)14-16-17(23)5-4-6-18(16)24/h4-8,28H,9-14H2,1-3H3. The van der Waals surface area contributed by atoms with Crippen molar-refractivity contribution >= 4 is 38.0 Å². The first-order valence-corrected chi connectivity index (χ1v) is 11.7. The fourth-order valence-corrected chi connectivity index (χ4v) is 4.61. The van der Waals surface area contributed by atoms with Crippen molar-refractivity contribution in [2.24, 2.45) is 0 Å². The molecule has 7 nitrogen and oxygen atoms in total. The van der Waals surface area contributed by atoms with Crippen LogP contribution in [0.5, 0.6) is 5.75 Å². The Hall–Kier alpha value is -1.84. The smallest absolute Gasteiger partial charge is 0.410 e. The molecule has 0 radical (unpaired) electrons. The Bertz CT molecular complexity index is 989. The molecular weight excluding hydrogens is 530 g/mol. The molecule has 2 heterocycles. The minimum atomic E-state index is -0.519. The van der Waals surface area contributed by atoms with Crippen LogP contribution in [-0.4, -0.2) is 57.3 Å². The molecule has 0 spiro atoms. The van der Waals surface area contributed by atoms with E-state index in [0.29, 0.717) is 44.8 Å². The predicted molar refractivity (Wildman–Crippen MR) is 126 cm³/mol. The van der Waals surface area contributed by atoms with Gasteiger partial charge < -0.3 is 19.3 Å². The number of ether oxygens (including phenoxy) is 1. The highest BCUT2D eigenvalue weighted by Crippen LogP contribution is 2.26. The summed E-state index contributed by atoms with van der Waals surface area (Å²) in [5.41, 5.74) is 0.565. The monoisotopic (exact) mass is 555 g/mol. The molecule has 1 saturated heterocycles. The summed E-state index contributed by atoms with van der Waals surface area (Å²) >= 11 is 7.01. The molecule has 1 fully saturated rings. The number of benzene rings is 1. The van der Waals surface area contributed by atoms with Gasteiger partial charge in [-0.05, 0) is 39.0 Å². The van der Waals surface area contributed by atoms with Crippen LogP contribution in [0.3, 0.4) is 0 Å². The third kappa shape index (κ3) is 6.11. The number of halogens is 2. The minimum absolute atomic E-state index is 0.236. The maximum atomic E-state index is 12.7. The van der Waals surface area contributed by atoms with Crippen molar-refractivity contribution in [1.82, 2.24) is 14.4 Å². The van der Waals surface area contributed by atoms with E-state index in [4.69, 9.17) is 4.74 Å². The van der Waals surface area contributed by atoms with Crippen LogP contribution in [0.25, 0.3) is 0 Å². The molecule has 0 unspecified atom stereocenters. The second-order valence-electron chi connectivity index (χ2n) is 8.57. The largest absolute Gasteiger partial charge is 0.503 e. The summed E-state index contributed by atoms with van der Waals surface area (Å²) in [5, 5.41) is 10.5. The Morgan fingerprint density at radius 1 is 1.06 bits per heavy atom. The molecule has 31 heavy (non-hydrogen) atoms. The SMILES string of the molecule is CC(C)(C)OC(=O)N1CCN(Cc2ccn(Cc3c(Br)cccc3Br)c(=O)c2O)CC1. The second-order valence-corrected chi connectivity index (χ2v) is 10.3. The molecule has 1 N–H and O–H groups in total. The van der Waals surface area contributed by atoms with E-state index < -0.39 is 11.2 Å². The van der Waals surface area contributed by atoms with Crippen molar-refractivity contribution in [3.05, 3.63) is 60.9 Å². The highest BCUT2D eigenvalue weighted by molar-refractivity contribution is 9.11. The van der Waals surface area contributed by atoms with Gasteiger partial charge in [0.25, 0.3) is 5.56 Å². The Morgan fingerprint density at radius 2 is 1.68 bits per heavy atom. The molecule has 0 bridgehead atoms. The van der Waals surface area contributed by atoms with Crippen LogP contribution in [0.4, 0.5) is 4.79 Å². The third-order valence-electron chi connectivity index (χ3n) is 5.03. The van der Waals surface area contributed by atoms with Crippen LogP contribution in [-0.2, 0) is 17.8 Å². The molecule has 2 aromatic rings. The van der Waals surface area contributed by atoms with Crippen molar-refractivity contribution in [3.8, 4) is 5.75 Å². The van der Waals surface area contributed by atoms with E-state index in [0.717, 1.165) is 14.5 Å². The van der Waals surface area contributed by atoms with Crippen LogP contribution in [0, 0.1) is 0 Å². The van der Waals surface area contributed by atoms with E-state index in [-0.39, 0.29) is 11.8 Å². The number of pyridine rings is 1. The number of carbonyl (C=O) groups is 1. The van der Waals surface area contributed by atoms with E-state index in [1.54, 1.807) is 17.2 Å². The van der Waals surface area contributed by atoms with Crippen LogP contribution in [0.15, 0.2) is 44.2 Å². The van der Waals surface area contributed by atoms with Gasteiger partial charge in [-0.1, -0.05) is 37.9 Å². The number of hydrogen-bond donors (Lipinski definition) is 1. The Labute approximate surface area is 198 Å². The van der Waals surface area contributed by atoms with Gasteiger partial charge in [0.1, 0.15) is 5.60 Å². The van der Waals surface area contributed by atoms with Crippen molar-refractivity contribution in [2.45, 2.75) is 39.5 Å². The van der Waals surface area contributed by atoms with Gasteiger partial charge >= 0.3 is 6.09 Å². The summed E-state index contributed by atoms with van der Waals surface area (Å²) in [5.74, 6) is -0.236. The molecule has 1 aliphatic rings. The zero-order chi connectivity index (χ0) is 22.8. The number of rotatable bonds is 4. The van der Waals surface area contributed by atoms with Crippen LogP contribution < -0.4 is 5.56 Å². The highest BCUT2D eigenvalue weighted by atomic mass is 79.9. The predicted octanol–water partition coefficient (Wildman–Crippen LogP) is 4.18. The molecular formula is C22H27Br2N3O4. The van der Waals surface area contributed by atoms with E-state index in [1.807, 2.05) is 39.0 Å². The topological polar surface area (TPSA) is 75.0 Å². The van der Waals surface area contributed by atoms with Gasteiger partial charge in [0.2, 0.25) is 0 Å². The summed E-state index contributed by atoms with van der Waals surface area (Å²) < 4.78 is 8.69. The van der Waals surface area contributed by atoms with Crippen molar-refractivity contribution in [2.75, 3.05) is 26.2 Å². The summed E-state index contributed by atoms with van der Waals surface area (Å²) in [4.78, 5) is 28.7. The van der Waals surface area contributed by atoms with Gasteiger partial charge in [-0.15, -0.1) is 0 Å². The number of hydrogen-bond acceptors (Lipinski definition) is 5. The average molecular weight is 557 g/mol. The lowest BCUT2D eigenvalue weighted by atomic mass is 10.2. The minimum Gasteiger partial charge on any atom is -0.503 e. The number of amides is 1. The molecule has 9 heteroatoms. The van der Waals surface area contributed by atoms with Crippen LogP contribution in [0.1, 0.15) is 31.9 Å². The van der Waals surface area contributed by atoms with Crippen molar-refractivity contribution in [3.63, 3.8) is 0 Å². The summed E-state index contributed by atoms with van der Waals surface area (Å²) in [6.07, 6.45) is 1.40. The number of nitrogens with zero attached hydrogens (tertiary/aromatic N) is 3. The molecule has 1 aromatic heterocycles. The Balaban J connectivity index is 1.64. The van der Waals surface area contributed by atoms with Crippen LogP contribution in [0.2, 0.25) is 0 Å². The fourth-order valence-electron chi connectivity index (χ4n) is 3.36. The first-order valence-electron chi connectivity index (χ1n) is 10.1. The lowest BCUT2D eigenvalue weighted by Gasteiger charge is -2.35. The molecule has 0 saturated carbocycles. The van der Waals surface area contributed by atoms with Gasteiger partial charge in [-0.3, -0.25) is 9.69 Å². The van der Waals surface area contributed by atoms with Gasteiger partial charge in [0.15, 0.2) is 5.75 Å². The molecule has 1 amide bonds. The number of aromatic hydroxyl groups is 1. The first kappa shape index (κ1) is 23.8. The first-order chi connectivity index (χ1) is 14.5. The van der Waals surface area contributed by atoms with Crippen molar-refractivity contribution in [1.29, 1.82) is 0 Å². The fraction of sp³-hybridized carbons (Fsp3) is 0.455. The highest BCUT2D eigenvalue weighted by Gasteiger charge is 2.26.